The van der Waals surface area contributed by atoms with Gasteiger partial charge in [0.2, 0.25) is 5.91 Å². The molecule has 1 aliphatic heterocycles. The van der Waals surface area contributed by atoms with Crippen LogP contribution in [0, 0.1) is 12.7 Å². The Balaban J connectivity index is 2.51. The number of halogens is 2. The topological polar surface area (TPSA) is 20.3 Å². The molecule has 1 aromatic carbocycles. The summed E-state index contributed by atoms with van der Waals surface area (Å²) in [6.45, 7) is 2.33. The fraction of sp³-hybridized carbons (Fsp3) is 0.417. The van der Waals surface area contributed by atoms with E-state index >= 15 is 0 Å². The standard InChI is InChI=1S/C12H13ClFNO/c1-8-10(14)5-4-9-3-2-6-15(12(8)9)11(16)7-13/h4-5H,2-3,6-7H2,1H3. The average molecular weight is 242 g/mol. The lowest BCUT2D eigenvalue weighted by molar-refractivity contribution is -0.116. The van der Waals surface area contributed by atoms with Crippen LogP contribution in [0.2, 0.25) is 0 Å². The van der Waals surface area contributed by atoms with E-state index in [2.05, 4.69) is 0 Å². The van der Waals surface area contributed by atoms with E-state index in [4.69, 9.17) is 11.6 Å². The third-order valence-corrected chi connectivity index (χ3v) is 3.19. The van der Waals surface area contributed by atoms with Gasteiger partial charge in [0.05, 0.1) is 5.69 Å². The lowest BCUT2D eigenvalue weighted by Crippen LogP contribution is -2.37. The van der Waals surface area contributed by atoms with Crippen LogP contribution in [0.25, 0.3) is 0 Å². The molecule has 1 aromatic rings. The SMILES string of the molecule is Cc1c(F)ccc2c1N(C(=O)CCl)CCC2. The second kappa shape index (κ2) is 4.42. The monoisotopic (exact) mass is 241 g/mol. The molecule has 0 aromatic heterocycles. The van der Waals surface area contributed by atoms with Crippen LogP contribution in [-0.2, 0) is 11.2 Å². The molecule has 0 unspecified atom stereocenters. The molecule has 1 aliphatic rings. The van der Waals surface area contributed by atoms with Crippen molar-refractivity contribution in [2.45, 2.75) is 19.8 Å². The molecular weight excluding hydrogens is 229 g/mol. The predicted octanol–water partition coefficient (Wildman–Crippen LogP) is 2.65. The number of carbonyl (C=O) groups excluding carboxylic acids is 1. The molecule has 0 saturated carbocycles. The van der Waals surface area contributed by atoms with E-state index in [9.17, 15) is 9.18 Å². The van der Waals surface area contributed by atoms with Gasteiger partial charge >= 0.3 is 0 Å². The van der Waals surface area contributed by atoms with Crippen molar-refractivity contribution in [1.29, 1.82) is 0 Å². The minimum absolute atomic E-state index is 0.0601. The average Bonchev–Trinajstić information content (AvgIpc) is 2.32. The Bertz CT molecular complexity index is 433. The molecule has 1 amide bonds. The summed E-state index contributed by atoms with van der Waals surface area (Å²) in [5.74, 6) is -0.487. The summed E-state index contributed by atoms with van der Waals surface area (Å²) in [5.41, 5.74) is 2.29. The third kappa shape index (κ3) is 1.80. The molecule has 0 saturated heterocycles. The number of nitrogens with zero attached hydrogens (tertiary/aromatic N) is 1. The lowest BCUT2D eigenvalue weighted by atomic mass is 9.98. The second-order valence-corrected chi connectivity index (χ2v) is 4.23. The van der Waals surface area contributed by atoms with Crippen molar-refractivity contribution in [3.8, 4) is 0 Å². The molecule has 0 bridgehead atoms. The fourth-order valence-electron chi connectivity index (χ4n) is 2.17. The van der Waals surface area contributed by atoms with E-state index in [0.29, 0.717) is 12.1 Å². The summed E-state index contributed by atoms with van der Waals surface area (Å²) in [4.78, 5) is 13.3. The Morgan fingerprint density at radius 2 is 2.31 bits per heavy atom. The molecular formula is C12H13ClFNO. The summed E-state index contributed by atoms with van der Waals surface area (Å²) < 4.78 is 13.5. The van der Waals surface area contributed by atoms with Gasteiger partial charge in [-0.1, -0.05) is 6.07 Å². The van der Waals surface area contributed by atoms with Gasteiger partial charge in [0.25, 0.3) is 0 Å². The number of hydrogen-bond acceptors (Lipinski definition) is 1. The number of amides is 1. The molecule has 0 atom stereocenters. The van der Waals surface area contributed by atoms with Gasteiger partial charge in [0.1, 0.15) is 11.7 Å². The Labute approximate surface area is 99.0 Å². The highest BCUT2D eigenvalue weighted by Crippen LogP contribution is 2.32. The number of alkyl halides is 1. The maximum Gasteiger partial charge on any atom is 0.241 e. The van der Waals surface area contributed by atoms with Crippen LogP contribution in [0.3, 0.4) is 0 Å². The van der Waals surface area contributed by atoms with Crippen LogP contribution < -0.4 is 4.90 Å². The van der Waals surface area contributed by atoms with Gasteiger partial charge in [-0.3, -0.25) is 4.79 Å². The lowest BCUT2D eigenvalue weighted by Gasteiger charge is -2.30. The van der Waals surface area contributed by atoms with Crippen LogP contribution in [0.4, 0.5) is 10.1 Å². The quantitative estimate of drug-likeness (QED) is 0.693. The van der Waals surface area contributed by atoms with Crippen molar-refractivity contribution >= 4 is 23.2 Å². The van der Waals surface area contributed by atoms with Gasteiger partial charge in [-0.05, 0) is 31.4 Å². The molecule has 0 fully saturated rings. The first-order valence-electron chi connectivity index (χ1n) is 5.29. The fourth-order valence-corrected chi connectivity index (χ4v) is 2.31. The van der Waals surface area contributed by atoms with Crippen molar-refractivity contribution in [1.82, 2.24) is 0 Å². The molecule has 1 heterocycles. The minimum atomic E-state index is -0.270. The van der Waals surface area contributed by atoms with E-state index in [1.165, 1.54) is 6.07 Å². The zero-order valence-electron chi connectivity index (χ0n) is 9.09. The van der Waals surface area contributed by atoms with Crippen molar-refractivity contribution in [2.75, 3.05) is 17.3 Å². The van der Waals surface area contributed by atoms with Gasteiger partial charge in [0.15, 0.2) is 0 Å². The van der Waals surface area contributed by atoms with Gasteiger partial charge in [0, 0.05) is 12.1 Å². The van der Waals surface area contributed by atoms with Gasteiger partial charge in [-0.25, -0.2) is 4.39 Å². The molecule has 86 valence electrons. The normalized spacial score (nSPS) is 14.8. The van der Waals surface area contributed by atoms with E-state index in [-0.39, 0.29) is 17.6 Å². The van der Waals surface area contributed by atoms with Crippen LogP contribution in [0.1, 0.15) is 17.5 Å². The summed E-state index contributed by atoms with van der Waals surface area (Å²) >= 11 is 5.56. The van der Waals surface area contributed by atoms with Gasteiger partial charge in [-0.15, -0.1) is 11.6 Å². The number of carbonyl (C=O) groups is 1. The first-order valence-corrected chi connectivity index (χ1v) is 5.83. The number of benzene rings is 1. The summed E-state index contributed by atoms with van der Waals surface area (Å²) in [5, 5.41) is 0. The van der Waals surface area contributed by atoms with E-state index in [0.717, 1.165) is 24.1 Å². The van der Waals surface area contributed by atoms with Crippen molar-refractivity contribution in [3.05, 3.63) is 29.1 Å². The number of hydrogen-bond donors (Lipinski definition) is 0. The zero-order chi connectivity index (χ0) is 11.7. The summed E-state index contributed by atoms with van der Waals surface area (Å²) in [7, 11) is 0. The van der Waals surface area contributed by atoms with Crippen LogP contribution >= 0.6 is 11.6 Å². The van der Waals surface area contributed by atoms with Crippen LogP contribution in [-0.4, -0.2) is 18.3 Å². The first kappa shape index (κ1) is 11.4. The Kier molecular flexibility index (Phi) is 3.15. The highest BCUT2D eigenvalue weighted by Gasteiger charge is 2.24. The van der Waals surface area contributed by atoms with E-state index in [1.807, 2.05) is 0 Å². The maximum atomic E-state index is 13.5. The Morgan fingerprint density at radius 3 is 3.00 bits per heavy atom. The van der Waals surface area contributed by atoms with Gasteiger partial charge < -0.3 is 4.90 Å². The highest BCUT2D eigenvalue weighted by molar-refractivity contribution is 6.29. The summed E-state index contributed by atoms with van der Waals surface area (Å²) in [6, 6.07) is 3.22. The minimum Gasteiger partial charge on any atom is -0.311 e. The van der Waals surface area contributed by atoms with Gasteiger partial charge in [-0.2, -0.15) is 0 Å². The molecule has 0 spiro atoms. The second-order valence-electron chi connectivity index (χ2n) is 3.96. The third-order valence-electron chi connectivity index (χ3n) is 2.96. The molecule has 0 N–H and O–H groups in total. The van der Waals surface area contributed by atoms with Crippen molar-refractivity contribution in [2.24, 2.45) is 0 Å². The molecule has 0 aliphatic carbocycles. The number of anilines is 1. The number of fused-ring (bicyclic) bond motifs is 1. The number of rotatable bonds is 1. The van der Waals surface area contributed by atoms with Crippen LogP contribution in [0.15, 0.2) is 12.1 Å². The molecule has 2 rings (SSSR count). The Hall–Kier alpha value is -1.09. The molecule has 16 heavy (non-hydrogen) atoms. The maximum absolute atomic E-state index is 13.5. The van der Waals surface area contributed by atoms with E-state index < -0.39 is 0 Å². The summed E-state index contributed by atoms with van der Waals surface area (Å²) in [6.07, 6.45) is 1.79. The first-order chi connectivity index (χ1) is 7.65. The molecule has 4 heteroatoms. The van der Waals surface area contributed by atoms with Crippen molar-refractivity contribution in [3.63, 3.8) is 0 Å². The largest absolute Gasteiger partial charge is 0.311 e. The molecule has 0 radical (unpaired) electrons. The highest BCUT2D eigenvalue weighted by atomic mass is 35.5. The predicted molar refractivity (Wildman–Crippen MR) is 62.5 cm³/mol. The van der Waals surface area contributed by atoms with Crippen molar-refractivity contribution < 1.29 is 9.18 Å². The zero-order valence-corrected chi connectivity index (χ0v) is 9.85. The number of aryl methyl sites for hydroxylation is 1. The Morgan fingerprint density at radius 1 is 1.56 bits per heavy atom. The molecule has 2 nitrogen and oxygen atoms in total. The van der Waals surface area contributed by atoms with E-state index in [1.54, 1.807) is 17.9 Å². The smallest absolute Gasteiger partial charge is 0.241 e. The van der Waals surface area contributed by atoms with Crippen LogP contribution in [0.5, 0.6) is 0 Å².